The van der Waals surface area contributed by atoms with Gasteiger partial charge in [0, 0.05) is 18.0 Å². The first-order valence-electron chi connectivity index (χ1n) is 9.05. The summed E-state index contributed by atoms with van der Waals surface area (Å²) in [5.74, 6) is -0.284. The highest BCUT2D eigenvalue weighted by Gasteiger charge is 2.22. The average Bonchev–Trinajstić information content (AvgIpc) is 3.13. The van der Waals surface area contributed by atoms with Gasteiger partial charge in [0.25, 0.3) is 5.56 Å². The maximum Gasteiger partial charge on any atom is 0.260 e. The summed E-state index contributed by atoms with van der Waals surface area (Å²) in [5, 5.41) is 2.36. The molecule has 1 N–H and O–H groups in total. The molecule has 6 nitrogen and oxygen atoms in total. The summed E-state index contributed by atoms with van der Waals surface area (Å²) < 4.78 is 39.6. The molecule has 4 aromatic rings. The lowest BCUT2D eigenvalue weighted by Crippen LogP contribution is -2.28. The number of halogens is 1. The van der Waals surface area contributed by atoms with Crippen molar-refractivity contribution in [3.63, 3.8) is 0 Å². The molecule has 0 spiro atoms. The molecule has 0 fully saturated rings. The van der Waals surface area contributed by atoms with Crippen molar-refractivity contribution in [3.8, 4) is 11.1 Å². The lowest BCUT2D eigenvalue weighted by Gasteiger charge is -2.16. The number of hydrogen-bond acceptors (Lipinski definition) is 5. The number of aryl methyl sites for hydroxylation is 1. The molecule has 0 radical (unpaired) electrons. The Labute approximate surface area is 176 Å². The van der Waals surface area contributed by atoms with E-state index in [4.69, 9.17) is 0 Å². The molecule has 2 aromatic heterocycles. The van der Waals surface area contributed by atoms with E-state index in [9.17, 15) is 17.6 Å². The molecule has 0 bridgehead atoms. The van der Waals surface area contributed by atoms with E-state index in [1.807, 2.05) is 36.6 Å². The van der Waals surface area contributed by atoms with Crippen LogP contribution in [0.5, 0.6) is 0 Å². The van der Waals surface area contributed by atoms with Crippen LogP contribution < -0.4 is 5.56 Å². The van der Waals surface area contributed by atoms with Crippen molar-refractivity contribution in [2.75, 3.05) is 7.05 Å². The molecule has 0 saturated heterocycles. The van der Waals surface area contributed by atoms with Crippen molar-refractivity contribution < 1.29 is 12.8 Å². The van der Waals surface area contributed by atoms with E-state index in [-0.39, 0.29) is 22.8 Å². The third-order valence-electron chi connectivity index (χ3n) is 4.75. The molecule has 0 unspecified atom stereocenters. The molecule has 30 heavy (non-hydrogen) atoms. The molecule has 2 aromatic carbocycles. The molecular formula is C21H18FN3O3S2. The van der Waals surface area contributed by atoms with E-state index in [0.29, 0.717) is 10.2 Å². The van der Waals surface area contributed by atoms with Gasteiger partial charge in [0.1, 0.15) is 16.5 Å². The molecule has 0 aliphatic rings. The van der Waals surface area contributed by atoms with E-state index in [1.54, 1.807) is 0 Å². The number of sulfonamides is 1. The lowest BCUT2D eigenvalue weighted by molar-refractivity contribution is 0.456. The first-order valence-corrected chi connectivity index (χ1v) is 11.4. The predicted octanol–water partition coefficient (Wildman–Crippen LogP) is 3.92. The van der Waals surface area contributed by atoms with Crippen LogP contribution >= 0.6 is 11.3 Å². The summed E-state index contributed by atoms with van der Waals surface area (Å²) in [7, 11) is -2.47. The molecule has 0 aliphatic carbocycles. The third kappa shape index (κ3) is 3.79. The van der Waals surface area contributed by atoms with Crippen LogP contribution in [0.3, 0.4) is 0 Å². The van der Waals surface area contributed by atoms with E-state index >= 15 is 0 Å². The summed E-state index contributed by atoms with van der Waals surface area (Å²) in [6, 6.07) is 12.4. The first-order chi connectivity index (χ1) is 14.3. The van der Waals surface area contributed by atoms with Crippen LogP contribution in [0.25, 0.3) is 21.3 Å². The Morgan fingerprint density at radius 3 is 2.43 bits per heavy atom. The Bertz CT molecular complexity index is 1380. The van der Waals surface area contributed by atoms with Gasteiger partial charge < -0.3 is 4.98 Å². The first kappa shape index (κ1) is 20.4. The SMILES string of the molecule is Cc1ccc(-c2csc3nc(CN(C)S(=O)(=O)c4ccc(F)cc4)[nH]c(=O)c23)cc1. The van der Waals surface area contributed by atoms with Crippen molar-refractivity contribution in [2.24, 2.45) is 0 Å². The van der Waals surface area contributed by atoms with Gasteiger partial charge in [0.15, 0.2) is 0 Å². The second-order valence-electron chi connectivity index (χ2n) is 6.92. The Balaban J connectivity index is 1.66. The van der Waals surface area contributed by atoms with Gasteiger partial charge in [-0.2, -0.15) is 4.31 Å². The molecule has 154 valence electrons. The van der Waals surface area contributed by atoms with Crippen LogP contribution in [0.2, 0.25) is 0 Å². The Morgan fingerprint density at radius 1 is 1.10 bits per heavy atom. The standard InChI is InChI=1S/C21H18FN3O3S2/c1-13-3-5-14(6-4-13)17-12-29-21-19(17)20(26)23-18(24-21)11-25(2)30(27,28)16-9-7-15(22)8-10-16/h3-10,12H,11H2,1-2H3,(H,23,24,26). The smallest absolute Gasteiger partial charge is 0.260 e. The zero-order valence-corrected chi connectivity index (χ0v) is 17.8. The summed E-state index contributed by atoms with van der Waals surface area (Å²) in [6.07, 6.45) is 0. The quantitative estimate of drug-likeness (QED) is 0.507. The number of benzene rings is 2. The highest BCUT2D eigenvalue weighted by Crippen LogP contribution is 2.31. The van der Waals surface area contributed by atoms with E-state index in [1.165, 1.54) is 30.5 Å². The molecule has 0 aliphatic heterocycles. The summed E-state index contributed by atoms with van der Waals surface area (Å²) in [6.45, 7) is 1.87. The van der Waals surface area contributed by atoms with E-state index < -0.39 is 15.8 Å². The maximum absolute atomic E-state index is 13.1. The number of nitrogens with one attached hydrogen (secondary N) is 1. The van der Waals surface area contributed by atoms with Crippen LogP contribution in [0, 0.1) is 12.7 Å². The maximum atomic E-state index is 13.1. The third-order valence-corrected chi connectivity index (χ3v) is 7.44. The summed E-state index contributed by atoms with van der Waals surface area (Å²) >= 11 is 1.33. The highest BCUT2D eigenvalue weighted by atomic mass is 32.2. The van der Waals surface area contributed by atoms with Crippen molar-refractivity contribution in [3.05, 3.63) is 81.5 Å². The van der Waals surface area contributed by atoms with Gasteiger partial charge in [-0.1, -0.05) is 29.8 Å². The molecule has 0 atom stereocenters. The number of rotatable bonds is 5. The Kier molecular flexibility index (Phi) is 5.27. The second kappa shape index (κ2) is 7.75. The fraction of sp³-hybridized carbons (Fsp3) is 0.143. The minimum absolute atomic E-state index is 0.0346. The predicted molar refractivity (Wildman–Crippen MR) is 115 cm³/mol. The van der Waals surface area contributed by atoms with Gasteiger partial charge in [0.05, 0.1) is 16.8 Å². The van der Waals surface area contributed by atoms with Crippen LogP contribution in [0.15, 0.2) is 63.6 Å². The number of nitrogens with zero attached hydrogens (tertiary/aromatic N) is 2. The topological polar surface area (TPSA) is 83.1 Å². The van der Waals surface area contributed by atoms with Crippen LogP contribution in [0.4, 0.5) is 4.39 Å². The molecule has 4 rings (SSSR count). The molecule has 0 amide bonds. The number of thiophene rings is 1. The van der Waals surface area contributed by atoms with Crippen molar-refractivity contribution in [1.82, 2.24) is 14.3 Å². The average molecular weight is 444 g/mol. The minimum atomic E-state index is -3.85. The van der Waals surface area contributed by atoms with Crippen LogP contribution in [-0.4, -0.2) is 29.7 Å². The monoisotopic (exact) mass is 443 g/mol. The van der Waals surface area contributed by atoms with Crippen molar-refractivity contribution in [2.45, 2.75) is 18.4 Å². The molecular weight excluding hydrogens is 425 g/mol. The fourth-order valence-electron chi connectivity index (χ4n) is 3.10. The number of H-pyrrole nitrogens is 1. The Hall–Kier alpha value is -2.88. The van der Waals surface area contributed by atoms with Gasteiger partial charge in [0.2, 0.25) is 10.0 Å². The zero-order chi connectivity index (χ0) is 21.5. The van der Waals surface area contributed by atoms with Gasteiger partial charge in [-0.15, -0.1) is 11.3 Å². The summed E-state index contributed by atoms with van der Waals surface area (Å²) in [5.41, 5.74) is 2.52. The van der Waals surface area contributed by atoms with E-state index in [0.717, 1.165) is 33.1 Å². The lowest BCUT2D eigenvalue weighted by atomic mass is 10.1. The molecule has 0 saturated carbocycles. The van der Waals surface area contributed by atoms with Gasteiger partial charge >= 0.3 is 0 Å². The Morgan fingerprint density at radius 2 is 1.77 bits per heavy atom. The molecule has 9 heteroatoms. The number of aromatic nitrogens is 2. The van der Waals surface area contributed by atoms with Gasteiger partial charge in [-0.05, 0) is 36.8 Å². The number of fused-ring (bicyclic) bond motifs is 1. The molecule has 2 heterocycles. The summed E-state index contributed by atoms with van der Waals surface area (Å²) in [4.78, 5) is 20.4. The van der Waals surface area contributed by atoms with Crippen LogP contribution in [-0.2, 0) is 16.6 Å². The normalized spacial score (nSPS) is 12.0. The van der Waals surface area contributed by atoms with Gasteiger partial charge in [-0.25, -0.2) is 17.8 Å². The minimum Gasteiger partial charge on any atom is -0.309 e. The number of aromatic amines is 1. The van der Waals surface area contributed by atoms with E-state index in [2.05, 4.69) is 9.97 Å². The zero-order valence-electron chi connectivity index (χ0n) is 16.2. The second-order valence-corrected chi connectivity index (χ2v) is 9.83. The van der Waals surface area contributed by atoms with Crippen molar-refractivity contribution in [1.29, 1.82) is 0 Å². The van der Waals surface area contributed by atoms with Crippen LogP contribution in [0.1, 0.15) is 11.4 Å². The van der Waals surface area contributed by atoms with Crippen molar-refractivity contribution >= 4 is 31.6 Å². The number of hydrogen-bond donors (Lipinski definition) is 1. The highest BCUT2D eigenvalue weighted by molar-refractivity contribution is 7.89. The largest absolute Gasteiger partial charge is 0.309 e. The fourth-order valence-corrected chi connectivity index (χ4v) is 5.20. The van der Waals surface area contributed by atoms with Gasteiger partial charge in [-0.3, -0.25) is 4.79 Å².